The Morgan fingerprint density at radius 2 is 2.17 bits per heavy atom. The van der Waals surface area contributed by atoms with Gasteiger partial charge in [-0.25, -0.2) is 13.4 Å². The minimum absolute atomic E-state index is 0.224. The monoisotopic (exact) mass is 349 g/mol. The smallest absolute Gasteiger partial charge is 0.246 e. The second-order valence-corrected chi connectivity index (χ2v) is 7.88. The van der Waals surface area contributed by atoms with Crippen molar-refractivity contribution in [3.63, 3.8) is 0 Å². The summed E-state index contributed by atoms with van der Waals surface area (Å²) < 4.78 is 36.3. The Labute approximate surface area is 137 Å². The molecule has 0 unspecified atom stereocenters. The maximum absolute atomic E-state index is 13.2. The molecule has 0 amide bonds. The number of sulfonamides is 1. The first-order chi connectivity index (χ1) is 11.2. The molecular weight excluding hydrogens is 334 g/mol. The molecule has 0 saturated carbocycles. The van der Waals surface area contributed by atoms with Crippen molar-refractivity contribution in [1.82, 2.24) is 14.3 Å². The average Bonchev–Trinajstić information content (AvgIpc) is 3.25. The van der Waals surface area contributed by atoms with Crippen molar-refractivity contribution in [2.75, 3.05) is 6.54 Å². The van der Waals surface area contributed by atoms with Gasteiger partial charge in [0, 0.05) is 18.9 Å². The van der Waals surface area contributed by atoms with Crippen molar-refractivity contribution in [3.05, 3.63) is 36.4 Å². The quantitative estimate of drug-likeness (QED) is 0.788. The summed E-state index contributed by atoms with van der Waals surface area (Å²) in [6.45, 7) is 0.488. The van der Waals surface area contributed by atoms with Crippen molar-refractivity contribution in [2.24, 2.45) is 8.73 Å². The summed E-state index contributed by atoms with van der Waals surface area (Å²) in [6.07, 6.45) is 5.97. The molecule has 0 bridgehead atoms. The highest BCUT2D eigenvalue weighted by Gasteiger charge is 2.37. The summed E-state index contributed by atoms with van der Waals surface area (Å²) in [5.74, 6) is 0.692. The number of aromatic amines is 1. The van der Waals surface area contributed by atoms with Crippen LogP contribution >= 0.6 is 0 Å². The average molecular weight is 349 g/mol. The van der Waals surface area contributed by atoms with Gasteiger partial charge in [0.05, 0.1) is 17.4 Å². The number of hydrogen-bond acceptors (Lipinski definition) is 5. The van der Waals surface area contributed by atoms with Gasteiger partial charge in [-0.3, -0.25) is 0 Å². The van der Waals surface area contributed by atoms with Crippen molar-refractivity contribution in [1.29, 1.82) is 0 Å². The third-order valence-corrected chi connectivity index (χ3v) is 6.61. The van der Waals surface area contributed by atoms with Crippen LogP contribution in [-0.2, 0) is 21.4 Å². The zero-order chi connectivity index (χ0) is 15.9. The highest BCUT2D eigenvalue weighted by Crippen LogP contribution is 2.41. The van der Waals surface area contributed by atoms with Crippen LogP contribution in [0, 0.1) is 0 Å². The molecule has 7 nitrogen and oxygen atoms in total. The van der Waals surface area contributed by atoms with E-state index in [4.69, 9.17) is 0 Å². The zero-order valence-corrected chi connectivity index (χ0v) is 13.8. The van der Waals surface area contributed by atoms with Crippen LogP contribution in [0.2, 0.25) is 0 Å². The number of rotatable bonds is 3. The van der Waals surface area contributed by atoms with E-state index in [9.17, 15) is 8.42 Å². The molecule has 2 aliphatic rings. The minimum Gasteiger partial charge on any atom is -0.347 e. The van der Waals surface area contributed by atoms with Crippen LogP contribution in [0.5, 0.6) is 0 Å². The van der Waals surface area contributed by atoms with E-state index in [0.717, 1.165) is 30.6 Å². The Balaban J connectivity index is 1.79. The second kappa shape index (κ2) is 5.66. The fourth-order valence-electron chi connectivity index (χ4n) is 3.04. The number of benzene rings is 1. The van der Waals surface area contributed by atoms with Gasteiger partial charge in [0.1, 0.15) is 22.1 Å². The van der Waals surface area contributed by atoms with Crippen molar-refractivity contribution >= 4 is 32.8 Å². The van der Waals surface area contributed by atoms with E-state index in [1.54, 1.807) is 34.9 Å². The fourth-order valence-corrected chi connectivity index (χ4v) is 5.46. The lowest BCUT2D eigenvalue weighted by molar-refractivity contribution is 0.247. The molecule has 0 aliphatic carbocycles. The maximum atomic E-state index is 13.2. The Morgan fingerprint density at radius 1 is 1.26 bits per heavy atom. The summed E-state index contributed by atoms with van der Waals surface area (Å²) in [5.41, 5.74) is 1.06. The lowest BCUT2D eigenvalue weighted by atomic mass is 10.0. The molecule has 1 fully saturated rings. The lowest BCUT2D eigenvalue weighted by Gasteiger charge is -2.33. The van der Waals surface area contributed by atoms with Gasteiger partial charge in [-0.05, 0) is 25.0 Å². The molecule has 1 aromatic heterocycles. The predicted molar refractivity (Wildman–Crippen MR) is 87.1 cm³/mol. The number of nitrogens with one attached hydrogen (secondary N) is 1. The summed E-state index contributed by atoms with van der Waals surface area (Å²) in [6, 6.07) is 4.83. The summed E-state index contributed by atoms with van der Waals surface area (Å²) >= 11 is 1.03. The molecule has 0 spiro atoms. The van der Waals surface area contributed by atoms with E-state index in [0.29, 0.717) is 23.7 Å². The van der Waals surface area contributed by atoms with Gasteiger partial charge in [-0.2, -0.15) is 13.0 Å². The highest BCUT2D eigenvalue weighted by molar-refractivity contribution is 7.89. The van der Waals surface area contributed by atoms with Gasteiger partial charge in [0.2, 0.25) is 10.0 Å². The van der Waals surface area contributed by atoms with Crippen LogP contribution in [0.25, 0.3) is 0 Å². The van der Waals surface area contributed by atoms with E-state index in [1.165, 1.54) is 0 Å². The Kier molecular flexibility index (Phi) is 3.63. The SMILES string of the molecule is O=S(=O)(c1cccc2c1N=S=N2)N1CCCC[C@@H]1c1ncc[nH]1. The van der Waals surface area contributed by atoms with Crippen LogP contribution < -0.4 is 0 Å². The van der Waals surface area contributed by atoms with Crippen molar-refractivity contribution < 1.29 is 8.42 Å². The van der Waals surface area contributed by atoms with Gasteiger partial charge in [0.25, 0.3) is 0 Å². The summed E-state index contributed by atoms with van der Waals surface area (Å²) in [4.78, 5) is 7.54. The topological polar surface area (TPSA) is 90.8 Å². The first kappa shape index (κ1) is 14.7. The molecule has 1 atom stereocenters. The van der Waals surface area contributed by atoms with E-state index >= 15 is 0 Å². The second-order valence-electron chi connectivity index (χ2n) is 5.49. The molecule has 1 N–H and O–H groups in total. The van der Waals surface area contributed by atoms with Crippen LogP contribution in [0.1, 0.15) is 31.1 Å². The van der Waals surface area contributed by atoms with Crippen molar-refractivity contribution in [2.45, 2.75) is 30.2 Å². The normalized spacial score (nSPS) is 21.1. The van der Waals surface area contributed by atoms with Gasteiger partial charge >= 0.3 is 0 Å². The third-order valence-electron chi connectivity index (χ3n) is 4.12. The molecule has 1 aromatic carbocycles. The maximum Gasteiger partial charge on any atom is 0.246 e. The van der Waals surface area contributed by atoms with E-state index in [1.807, 2.05) is 0 Å². The van der Waals surface area contributed by atoms with E-state index in [2.05, 4.69) is 18.7 Å². The molecular formula is C14H15N5O2S2. The molecule has 1 saturated heterocycles. The number of nitrogens with zero attached hydrogens (tertiary/aromatic N) is 4. The number of H-pyrrole nitrogens is 1. The van der Waals surface area contributed by atoms with Crippen LogP contribution in [0.4, 0.5) is 11.4 Å². The fraction of sp³-hybridized carbons (Fsp3) is 0.357. The molecule has 4 rings (SSSR count). The number of piperidine rings is 1. The lowest BCUT2D eigenvalue weighted by Crippen LogP contribution is -2.39. The zero-order valence-electron chi connectivity index (χ0n) is 12.2. The minimum atomic E-state index is -3.66. The highest BCUT2D eigenvalue weighted by atomic mass is 32.2. The Hall–Kier alpha value is -1.84. The summed E-state index contributed by atoms with van der Waals surface area (Å²) in [5, 5.41) is 0. The molecule has 0 radical (unpaired) electrons. The third kappa shape index (κ3) is 2.44. The van der Waals surface area contributed by atoms with E-state index < -0.39 is 10.0 Å². The first-order valence-electron chi connectivity index (χ1n) is 7.40. The Bertz CT molecular complexity index is 901. The molecule has 120 valence electrons. The van der Waals surface area contributed by atoms with Crippen LogP contribution in [0.3, 0.4) is 0 Å². The first-order valence-corrected chi connectivity index (χ1v) is 9.57. The van der Waals surface area contributed by atoms with E-state index in [-0.39, 0.29) is 10.9 Å². The number of hydrogen-bond donors (Lipinski definition) is 1. The number of imidazole rings is 1. The number of fused-ring (bicyclic) bond motifs is 1. The predicted octanol–water partition coefficient (Wildman–Crippen LogP) is 3.05. The summed E-state index contributed by atoms with van der Waals surface area (Å²) in [7, 11) is -3.66. The van der Waals surface area contributed by atoms with Gasteiger partial charge in [0.15, 0.2) is 0 Å². The van der Waals surface area contributed by atoms with Gasteiger partial charge in [-0.15, -0.1) is 0 Å². The Morgan fingerprint density at radius 3 is 3.00 bits per heavy atom. The van der Waals surface area contributed by atoms with Crippen LogP contribution in [0.15, 0.2) is 44.2 Å². The molecule has 9 heteroatoms. The van der Waals surface area contributed by atoms with Crippen LogP contribution in [-0.4, -0.2) is 29.2 Å². The molecule has 23 heavy (non-hydrogen) atoms. The largest absolute Gasteiger partial charge is 0.347 e. The van der Waals surface area contributed by atoms with Gasteiger partial charge in [-0.1, -0.05) is 12.5 Å². The molecule has 2 aromatic rings. The molecule has 2 aliphatic heterocycles. The van der Waals surface area contributed by atoms with Crippen molar-refractivity contribution in [3.8, 4) is 0 Å². The van der Waals surface area contributed by atoms with Gasteiger partial charge < -0.3 is 4.98 Å². The number of aromatic nitrogens is 2. The molecule has 3 heterocycles. The standard InChI is InChI=1S/C14H15N5O2S2/c20-23(21,12-6-3-4-10-13(12)18-22-17-10)19-9-2-1-5-11(19)14-15-7-8-16-14/h3-4,6-8,11H,1-2,5,9H2,(H,15,16)/t11-/m1/s1.